The molecule has 1 unspecified atom stereocenters. The van der Waals surface area contributed by atoms with E-state index in [4.69, 9.17) is 10.6 Å². The van der Waals surface area contributed by atoms with Crippen molar-refractivity contribution in [2.45, 2.75) is 37.3 Å². The van der Waals surface area contributed by atoms with Crippen LogP contribution >= 0.6 is 27.3 Å². The van der Waals surface area contributed by atoms with Gasteiger partial charge >= 0.3 is 0 Å². The molecule has 0 saturated heterocycles. The van der Waals surface area contributed by atoms with E-state index in [-0.39, 0.29) is 11.6 Å². The lowest BCUT2D eigenvalue weighted by Crippen LogP contribution is -2.59. The van der Waals surface area contributed by atoms with E-state index in [0.717, 1.165) is 19.3 Å². The predicted molar refractivity (Wildman–Crippen MR) is 70.4 cm³/mol. The van der Waals surface area contributed by atoms with Crippen molar-refractivity contribution in [3.8, 4) is 0 Å². The topological polar surface area (TPSA) is 47.3 Å². The Labute approximate surface area is 108 Å². The van der Waals surface area contributed by atoms with Crippen LogP contribution in [0.2, 0.25) is 0 Å². The first-order valence-corrected chi connectivity index (χ1v) is 7.06. The lowest BCUT2D eigenvalue weighted by Gasteiger charge is -2.46. The monoisotopic (exact) mass is 304 g/mol. The molecule has 0 spiro atoms. The van der Waals surface area contributed by atoms with E-state index in [9.17, 15) is 0 Å². The largest absolute Gasteiger partial charge is 0.377 e. The van der Waals surface area contributed by atoms with Gasteiger partial charge in [-0.3, -0.25) is 11.3 Å². The summed E-state index contributed by atoms with van der Waals surface area (Å²) in [7, 11) is 1.79. The molecule has 0 bridgehead atoms. The molecule has 1 aliphatic carbocycles. The summed E-state index contributed by atoms with van der Waals surface area (Å²) in [6.45, 7) is 0. The standard InChI is InChI=1S/C11H17BrN2OS/c1-15-11(5-2-6-11)9(14-13)7-8-3-4-10(12)16-8/h3-4,9,14H,2,5-7,13H2,1H3. The molecule has 0 radical (unpaired) electrons. The summed E-state index contributed by atoms with van der Waals surface area (Å²) >= 11 is 5.24. The second-order valence-corrected chi connectivity index (χ2v) is 6.80. The quantitative estimate of drug-likeness (QED) is 0.649. The smallest absolute Gasteiger partial charge is 0.0847 e. The molecule has 3 nitrogen and oxygen atoms in total. The minimum absolute atomic E-state index is 0.0504. The van der Waals surface area contributed by atoms with Gasteiger partial charge in [0.2, 0.25) is 0 Å². The highest BCUT2D eigenvalue weighted by molar-refractivity contribution is 9.11. The average molecular weight is 305 g/mol. The van der Waals surface area contributed by atoms with E-state index in [1.165, 1.54) is 15.1 Å². The maximum atomic E-state index is 5.66. The summed E-state index contributed by atoms with van der Waals surface area (Å²) in [5.74, 6) is 5.66. The highest BCUT2D eigenvalue weighted by atomic mass is 79.9. The first kappa shape index (κ1) is 12.5. The lowest BCUT2D eigenvalue weighted by molar-refractivity contribution is -0.0980. The van der Waals surface area contributed by atoms with Gasteiger partial charge in [-0.25, -0.2) is 0 Å². The van der Waals surface area contributed by atoms with E-state index in [0.29, 0.717) is 0 Å². The summed E-state index contributed by atoms with van der Waals surface area (Å²) in [6, 6.07) is 4.42. The Morgan fingerprint density at radius 3 is 2.75 bits per heavy atom. The van der Waals surface area contributed by atoms with Gasteiger partial charge in [0.1, 0.15) is 0 Å². The van der Waals surface area contributed by atoms with Gasteiger partial charge in [-0.05, 0) is 47.3 Å². The molecule has 0 aliphatic heterocycles. The van der Waals surface area contributed by atoms with Crippen molar-refractivity contribution in [1.29, 1.82) is 0 Å². The fraction of sp³-hybridized carbons (Fsp3) is 0.636. The fourth-order valence-corrected chi connectivity index (χ4v) is 3.81. The number of halogens is 1. The molecule has 5 heteroatoms. The van der Waals surface area contributed by atoms with E-state index in [1.807, 2.05) is 0 Å². The molecule has 1 aliphatic rings. The number of ether oxygens (including phenoxy) is 1. The summed E-state index contributed by atoms with van der Waals surface area (Å²) in [5, 5.41) is 0. The number of nitrogens with one attached hydrogen (secondary N) is 1. The van der Waals surface area contributed by atoms with Crippen molar-refractivity contribution in [3.05, 3.63) is 20.8 Å². The number of nitrogens with two attached hydrogens (primary N) is 1. The summed E-state index contributed by atoms with van der Waals surface area (Å²) < 4.78 is 6.82. The molecule has 3 N–H and O–H groups in total. The number of hydrogen-bond donors (Lipinski definition) is 2. The number of rotatable bonds is 5. The first-order chi connectivity index (χ1) is 7.70. The molecule has 1 aromatic heterocycles. The van der Waals surface area contributed by atoms with Gasteiger partial charge in [0.05, 0.1) is 15.4 Å². The second-order valence-electron chi connectivity index (χ2n) is 4.25. The van der Waals surface area contributed by atoms with Gasteiger partial charge in [0.25, 0.3) is 0 Å². The third-order valence-corrected chi connectivity index (χ3v) is 5.12. The van der Waals surface area contributed by atoms with Gasteiger partial charge in [-0.2, -0.15) is 0 Å². The molecule has 1 saturated carbocycles. The van der Waals surface area contributed by atoms with Crippen LogP contribution in [-0.4, -0.2) is 18.8 Å². The van der Waals surface area contributed by atoms with Crippen molar-refractivity contribution in [2.75, 3.05) is 7.11 Å². The maximum absolute atomic E-state index is 5.66. The van der Waals surface area contributed by atoms with Crippen LogP contribution in [0, 0.1) is 0 Å². The summed E-state index contributed by atoms with van der Waals surface area (Å²) in [5.41, 5.74) is 2.87. The van der Waals surface area contributed by atoms with Crippen molar-refractivity contribution >= 4 is 27.3 Å². The molecule has 90 valence electrons. The van der Waals surface area contributed by atoms with Crippen molar-refractivity contribution in [3.63, 3.8) is 0 Å². The Hall–Kier alpha value is 0.0600. The molecule has 16 heavy (non-hydrogen) atoms. The Bertz CT molecular complexity index is 346. The molecule has 0 amide bonds. The van der Waals surface area contributed by atoms with Gasteiger partial charge < -0.3 is 4.74 Å². The second kappa shape index (κ2) is 5.14. The van der Waals surface area contributed by atoms with Crippen LogP contribution in [0.1, 0.15) is 24.1 Å². The fourth-order valence-electron chi connectivity index (χ4n) is 2.28. The van der Waals surface area contributed by atoms with Crippen LogP contribution in [0.3, 0.4) is 0 Å². The number of thiophene rings is 1. The van der Waals surface area contributed by atoms with Gasteiger partial charge in [0, 0.05) is 18.4 Å². The Morgan fingerprint density at radius 2 is 2.38 bits per heavy atom. The van der Waals surface area contributed by atoms with Crippen molar-refractivity contribution < 1.29 is 4.74 Å². The van der Waals surface area contributed by atoms with E-state index < -0.39 is 0 Å². The van der Waals surface area contributed by atoms with E-state index >= 15 is 0 Å². The lowest BCUT2D eigenvalue weighted by atomic mass is 9.73. The number of methoxy groups -OCH3 is 1. The van der Waals surface area contributed by atoms with Crippen LogP contribution < -0.4 is 11.3 Å². The molecule has 1 atom stereocenters. The molecule has 1 aromatic rings. The van der Waals surface area contributed by atoms with Crippen LogP contribution in [0.15, 0.2) is 15.9 Å². The minimum Gasteiger partial charge on any atom is -0.377 e. The third-order valence-electron chi connectivity index (χ3n) is 3.48. The van der Waals surface area contributed by atoms with Crippen molar-refractivity contribution in [1.82, 2.24) is 5.43 Å². The molecular formula is C11H17BrN2OS. The predicted octanol–water partition coefficient (Wildman–Crippen LogP) is 2.45. The first-order valence-electron chi connectivity index (χ1n) is 5.46. The van der Waals surface area contributed by atoms with Gasteiger partial charge in [-0.1, -0.05) is 0 Å². The van der Waals surface area contributed by atoms with Gasteiger partial charge in [0.15, 0.2) is 0 Å². The van der Waals surface area contributed by atoms with Crippen LogP contribution in [0.5, 0.6) is 0 Å². The molecule has 1 fully saturated rings. The highest BCUT2D eigenvalue weighted by Gasteiger charge is 2.44. The van der Waals surface area contributed by atoms with Crippen LogP contribution in [-0.2, 0) is 11.2 Å². The SMILES string of the molecule is COC1(C(Cc2ccc(Br)s2)NN)CCC1. The third kappa shape index (κ3) is 2.33. The Kier molecular flexibility index (Phi) is 4.02. The number of hydrazine groups is 1. The Morgan fingerprint density at radius 1 is 1.62 bits per heavy atom. The molecule has 1 heterocycles. The zero-order chi connectivity index (χ0) is 11.6. The zero-order valence-electron chi connectivity index (χ0n) is 9.33. The van der Waals surface area contributed by atoms with Crippen LogP contribution in [0.25, 0.3) is 0 Å². The van der Waals surface area contributed by atoms with E-state index in [1.54, 1.807) is 18.4 Å². The zero-order valence-corrected chi connectivity index (χ0v) is 11.7. The molecule has 0 aromatic carbocycles. The minimum atomic E-state index is -0.0504. The Balaban J connectivity index is 2.05. The van der Waals surface area contributed by atoms with Gasteiger partial charge in [-0.15, -0.1) is 11.3 Å². The van der Waals surface area contributed by atoms with Crippen molar-refractivity contribution in [2.24, 2.45) is 5.84 Å². The highest BCUT2D eigenvalue weighted by Crippen LogP contribution is 2.39. The molecule has 2 rings (SSSR count). The van der Waals surface area contributed by atoms with Crippen LogP contribution in [0.4, 0.5) is 0 Å². The average Bonchev–Trinajstić information content (AvgIpc) is 2.61. The maximum Gasteiger partial charge on any atom is 0.0847 e. The number of hydrogen-bond acceptors (Lipinski definition) is 4. The molecular weight excluding hydrogens is 288 g/mol. The normalized spacial score (nSPS) is 20.4. The summed E-state index contributed by atoms with van der Waals surface area (Å²) in [4.78, 5) is 1.33. The van der Waals surface area contributed by atoms with E-state index in [2.05, 4.69) is 33.5 Å². The summed E-state index contributed by atoms with van der Waals surface area (Å²) in [6.07, 6.45) is 4.37.